The molecule has 1 aromatic heterocycles. The SMILES string of the molecule is Cn1ccnc1C(NC(=O)c1cccc(S(=O)(=O)Nc2ccccc2Cl)c1)c1cccc(F)c1. The third kappa shape index (κ3) is 5.11. The van der Waals surface area contributed by atoms with Crippen LogP contribution < -0.4 is 10.0 Å². The van der Waals surface area contributed by atoms with Crippen LogP contribution in [0.25, 0.3) is 0 Å². The lowest BCUT2D eigenvalue weighted by atomic mass is 10.0. The van der Waals surface area contributed by atoms with Crippen molar-refractivity contribution in [2.24, 2.45) is 7.05 Å². The topological polar surface area (TPSA) is 93.1 Å². The van der Waals surface area contributed by atoms with Gasteiger partial charge in [-0.3, -0.25) is 9.52 Å². The Labute approximate surface area is 201 Å². The summed E-state index contributed by atoms with van der Waals surface area (Å²) in [7, 11) is -2.25. The number of anilines is 1. The number of benzene rings is 3. The fourth-order valence-corrected chi connectivity index (χ4v) is 4.77. The van der Waals surface area contributed by atoms with E-state index in [2.05, 4.69) is 15.0 Å². The maximum atomic E-state index is 13.9. The first kappa shape index (κ1) is 23.5. The minimum Gasteiger partial charge on any atom is -0.338 e. The summed E-state index contributed by atoms with van der Waals surface area (Å²) < 4.78 is 43.8. The number of hydrogen-bond donors (Lipinski definition) is 2. The summed E-state index contributed by atoms with van der Waals surface area (Å²) in [4.78, 5) is 17.3. The molecule has 174 valence electrons. The molecule has 0 spiro atoms. The molecule has 0 radical (unpaired) electrons. The zero-order valence-electron chi connectivity index (χ0n) is 17.9. The highest BCUT2D eigenvalue weighted by atomic mass is 35.5. The smallest absolute Gasteiger partial charge is 0.261 e. The predicted molar refractivity (Wildman–Crippen MR) is 128 cm³/mol. The third-order valence-corrected chi connectivity index (χ3v) is 6.79. The second kappa shape index (κ2) is 9.66. The van der Waals surface area contributed by atoms with E-state index in [0.29, 0.717) is 11.4 Å². The van der Waals surface area contributed by atoms with Crippen molar-refractivity contribution in [3.63, 3.8) is 0 Å². The van der Waals surface area contributed by atoms with Gasteiger partial charge in [0.05, 0.1) is 15.6 Å². The normalized spacial score (nSPS) is 12.2. The molecule has 1 atom stereocenters. The standard InChI is InChI=1S/C24H20ClFN4O3S/c1-30-13-12-27-23(30)22(16-6-4-8-18(26)14-16)28-24(31)17-7-5-9-19(15-17)34(32,33)29-21-11-3-2-10-20(21)25/h2-15,22,29H,1H3,(H,28,31). The van der Waals surface area contributed by atoms with Gasteiger partial charge in [-0.05, 0) is 48.0 Å². The molecule has 0 aliphatic rings. The second-order valence-corrected chi connectivity index (χ2v) is 9.56. The van der Waals surface area contributed by atoms with E-state index in [1.165, 1.54) is 42.5 Å². The van der Waals surface area contributed by atoms with E-state index < -0.39 is 27.8 Å². The van der Waals surface area contributed by atoms with Gasteiger partial charge in [-0.15, -0.1) is 0 Å². The van der Waals surface area contributed by atoms with Gasteiger partial charge in [0, 0.05) is 25.0 Å². The summed E-state index contributed by atoms with van der Waals surface area (Å²) in [5, 5.41) is 3.08. The van der Waals surface area contributed by atoms with Crippen molar-refractivity contribution >= 4 is 33.2 Å². The number of carbonyl (C=O) groups is 1. The van der Waals surface area contributed by atoms with Crippen LogP contribution in [0.15, 0.2) is 90.1 Å². The number of aromatic nitrogens is 2. The Morgan fingerprint density at radius 3 is 2.53 bits per heavy atom. The molecule has 2 N–H and O–H groups in total. The Balaban J connectivity index is 1.63. The van der Waals surface area contributed by atoms with Gasteiger partial charge in [0.25, 0.3) is 15.9 Å². The first-order valence-corrected chi connectivity index (χ1v) is 12.0. The molecule has 4 rings (SSSR count). The van der Waals surface area contributed by atoms with Crippen LogP contribution in [0.2, 0.25) is 5.02 Å². The lowest BCUT2D eigenvalue weighted by Gasteiger charge is -2.19. The Hall–Kier alpha value is -3.69. The average molecular weight is 499 g/mol. The van der Waals surface area contributed by atoms with Crippen LogP contribution in [0.4, 0.5) is 10.1 Å². The van der Waals surface area contributed by atoms with E-state index in [1.807, 2.05) is 0 Å². The summed E-state index contributed by atoms with van der Waals surface area (Å²) in [6.45, 7) is 0. The van der Waals surface area contributed by atoms with E-state index >= 15 is 0 Å². The number of aryl methyl sites for hydroxylation is 1. The summed E-state index contributed by atoms with van der Waals surface area (Å²) in [5.74, 6) is -0.514. The Bertz CT molecular complexity index is 1460. The van der Waals surface area contributed by atoms with Crippen LogP contribution in [0.3, 0.4) is 0 Å². The second-order valence-electron chi connectivity index (χ2n) is 7.47. The Kier molecular flexibility index (Phi) is 6.67. The Morgan fingerprint density at radius 2 is 1.82 bits per heavy atom. The highest BCUT2D eigenvalue weighted by Gasteiger charge is 2.23. The summed E-state index contributed by atoms with van der Waals surface area (Å²) in [6, 6.07) is 17.1. The summed E-state index contributed by atoms with van der Waals surface area (Å²) in [5.41, 5.74) is 0.824. The minimum atomic E-state index is -4.01. The molecule has 1 unspecified atom stereocenters. The monoisotopic (exact) mass is 498 g/mol. The molecule has 1 amide bonds. The molecule has 10 heteroatoms. The molecule has 0 fully saturated rings. The lowest BCUT2D eigenvalue weighted by Crippen LogP contribution is -2.31. The van der Waals surface area contributed by atoms with E-state index in [-0.39, 0.29) is 21.2 Å². The number of carbonyl (C=O) groups excluding carboxylic acids is 1. The Morgan fingerprint density at radius 1 is 1.06 bits per heavy atom. The van der Waals surface area contributed by atoms with Crippen molar-refractivity contribution in [2.75, 3.05) is 4.72 Å². The van der Waals surface area contributed by atoms with E-state index in [9.17, 15) is 17.6 Å². The van der Waals surface area contributed by atoms with Crippen molar-refractivity contribution in [2.45, 2.75) is 10.9 Å². The number of nitrogens with zero attached hydrogens (tertiary/aromatic N) is 2. The molecule has 4 aromatic rings. The highest BCUT2D eigenvalue weighted by molar-refractivity contribution is 7.92. The fourth-order valence-electron chi connectivity index (χ4n) is 3.40. The number of para-hydroxylation sites is 1. The third-order valence-electron chi connectivity index (χ3n) is 5.10. The molecule has 3 aromatic carbocycles. The van der Waals surface area contributed by atoms with E-state index in [4.69, 9.17) is 11.6 Å². The van der Waals surface area contributed by atoms with Crippen LogP contribution >= 0.6 is 11.6 Å². The average Bonchev–Trinajstić information content (AvgIpc) is 3.24. The van der Waals surface area contributed by atoms with Gasteiger partial charge in [0.1, 0.15) is 17.7 Å². The van der Waals surface area contributed by atoms with Gasteiger partial charge in [-0.2, -0.15) is 0 Å². The van der Waals surface area contributed by atoms with Crippen LogP contribution in [0, 0.1) is 5.82 Å². The minimum absolute atomic E-state index is 0.109. The van der Waals surface area contributed by atoms with Crippen LogP contribution in [-0.4, -0.2) is 23.9 Å². The predicted octanol–water partition coefficient (Wildman–Crippen LogP) is 4.53. The van der Waals surface area contributed by atoms with E-state index in [0.717, 1.165) is 0 Å². The number of sulfonamides is 1. The number of hydrogen-bond acceptors (Lipinski definition) is 4. The van der Waals surface area contributed by atoms with Gasteiger partial charge >= 0.3 is 0 Å². The quantitative estimate of drug-likeness (QED) is 0.391. The number of nitrogens with one attached hydrogen (secondary N) is 2. The van der Waals surface area contributed by atoms with Crippen molar-refractivity contribution in [1.29, 1.82) is 0 Å². The molecule has 0 aliphatic heterocycles. The van der Waals surface area contributed by atoms with Crippen molar-refractivity contribution in [3.05, 3.63) is 113 Å². The van der Waals surface area contributed by atoms with Gasteiger partial charge in [0.15, 0.2) is 0 Å². The molecular weight excluding hydrogens is 479 g/mol. The number of rotatable bonds is 7. The van der Waals surface area contributed by atoms with Crippen molar-refractivity contribution < 1.29 is 17.6 Å². The molecule has 0 bridgehead atoms. The van der Waals surface area contributed by atoms with Gasteiger partial charge in [-0.1, -0.05) is 41.9 Å². The number of imidazole rings is 1. The van der Waals surface area contributed by atoms with Gasteiger partial charge in [-0.25, -0.2) is 17.8 Å². The molecule has 0 saturated heterocycles. The summed E-state index contributed by atoms with van der Waals surface area (Å²) in [6.07, 6.45) is 3.28. The largest absolute Gasteiger partial charge is 0.338 e. The molecule has 34 heavy (non-hydrogen) atoms. The molecule has 0 aliphatic carbocycles. The zero-order valence-corrected chi connectivity index (χ0v) is 19.5. The molecule has 1 heterocycles. The maximum Gasteiger partial charge on any atom is 0.261 e. The van der Waals surface area contributed by atoms with Crippen molar-refractivity contribution in [1.82, 2.24) is 14.9 Å². The van der Waals surface area contributed by atoms with Crippen molar-refractivity contribution in [3.8, 4) is 0 Å². The summed E-state index contributed by atoms with van der Waals surface area (Å²) >= 11 is 6.06. The molecule has 0 saturated carbocycles. The molecular formula is C24H20ClFN4O3S. The number of amides is 1. The van der Waals surface area contributed by atoms with Crippen LogP contribution in [0.5, 0.6) is 0 Å². The van der Waals surface area contributed by atoms with E-state index in [1.54, 1.807) is 54.3 Å². The van der Waals surface area contributed by atoms with Gasteiger partial charge in [0.2, 0.25) is 0 Å². The first-order chi connectivity index (χ1) is 16.2. The maximum absolute atomic E-state index is 13.9. The zero-order chi connectivity index (χ0) is 24.3. The number of halogens is 2. The first-order valence-electron chi connectivity index (χ1n) is 10.2. The highest BCUT2D eigenvalue weighted by Crippen LogP contribution is 2.25. The van der Waals surface area contributed by atoms with Crippen LogP contribution in [-0.2, 0) is 17.1 Å². The van der Waals surface area contributed by atoms with Gasteiger partial charge < -0.3 is 9.88 Å². The molecule has 7 nitrogen and oxygen atoms in total. The lowest BCUT2D eigenvalue weighted by molar-refractivity contribution is 0.0941. The fraction of sp³-hybridized carbons (Fsp3) is 0.0833. The van der Waals surface area contributed by atoms with Crippen LogP contribution in [0.1, 0.15) is 27.8 Å².